The second kappa shape index (κ2) is 10.8. The minimum atomic E-state index is -0.331. The van der Waals surface area contributed by atoms with Gasteiger partial charge in [0.2, 0.25) is 0 Å². The van der Waals surface area contributed by atoms with E-state index in [4.69, 9.17) is 27.9 Å². The lowest BCUT2D eigenvalue weighted by Gasteiger charge is -2.27. The average Bonchev–Trinajstić information content (AvgIpc) is 3.43. The molecule has 1 N–H and O–H groups in total. The molecule has 4 aromatic rings. The molecule has 36 heavy (non-hydrogen) atoms. The Balaban J connectivity index is 1.53. The molecule has 0 spiro atoms. The highest BCUT2D eigenvalue weighted by Crippen LogP contribution is 2.44. The van der Waals surface area contributed by atoms with E-state index in [2.05, 4.69) is 17.1 Å². The molecule has 0 fully saturated rings. The molecule has 1 aliphatic heterocycles. The number of aromatic nitrogens is 2. The SMILES string of the molecule is CCCCCOc1ccc(C2c3c(-c4ccc(Cl)cc4)n[nH]c3C(=O)N2Cc2ccccc2Cl)cc1. The second-order valence-corrected chi connectivity index (χ2v) is 9.76. The third kappa shape index (κ3) is 4.86. The van der Waals surface area contributed by atoms with Crippen LogP contribution in [0, 0.1) is 0 Å². The minimum Gasteiger partial charge on any atom is -0.494 e. The summed E-state index contributed by atoms with van der Waals surface area (Å²) in [5.74, 6) is 0.713. The first-order valence-electron chi connectivity index (χ1n) is 12.2. The van der Waals surface area contributed by atoms with Gasteiger partial charge in [0.25, 0.3) is 5.91 Å². The lowest BCUT2D eigenvalue weighted by atomic mass is 9.96. The first-order chi connectivity index (χ1) is 17.6. The summed E-state index contributed by atoms with van der Waals surface area (Å²) in [6, 6.07) is 22.8. The molecule has 3 aromatic carbocycles. The maximum Gasteiger partial charge on any atom is 0.273 e. The monoisotopic (exact) mass is 519 g/mol. The van der Waals surface area contributed by atoms with E-state index >= 15 is 0 Å². The summed E-state index contributed by atoms with van der Waals surface area (Å²) in [6.45, 7) is 3.25. The van der Waals surface area contributed by atoms with Gasteiger partial charge in [-0.05, 0) is 47.9 Å². The molecule has 5 nitrogen and oxygen atoms in total. The molecule has 0 saturated carbocycles. The number of aromatic amines is 1. The van der Waals surface area contributed by atoms with Gasteiger partial charge in [-0.25, -0.2) is 0 Å². The van der Waals surface area contributed by atoms with E-state index in [1.807, 2.05) is 77.7 Å². The molecule has 1 unspecified atom stereocenters. The summed E-state index contributed by atoms with van der Waals surface area (Å²) < 4.78 is 5.91. The summed E-state index contributed by atoms with van der Waals surface area (Å²) in [5, 5.41) is 8.81. The Labute approximate surface area is 221 Å². The van der Waals surface area contributed by atoms with Gasteiger partial charge in [-0.2, -0.15) is 5.10 Å². The number of carbonyl (C=O) groups is 1. The lowest BCUT2D eigenvalue weighted by molar-refractivity contribution is 0.0730. The van der Waals surface area contributed by atoms with Gasteiger partial charge in [0.15, 0.2) is 0 Å². The number of fused-ring (bicyclic) bond motifs is 1. The van der Waals surface area contributed by atoms with Crippen molar-refractivity contribution < 1.29 is 9.53 Å². The topological polar surface area (TPSA) is 58.2 Å². The van der Waals surface area contributed by atoms with E-state index in [0.717, 1.165) is 53.0 Å². The number of carbonyl (C=O) groups excluding carboxylic acids is 1. The molecule has 184 valence electrons. The van der Waals surface area contributed by atoms with Crippen LogP contribution in [0.4, 0.5) is 0 Å². The molecular formula is C29H27Cl2N3O2. The van der Waals surface area contributed by atoms with Gasteiger partial charge in [0.1, 0.15) is 11.4 Å². The molecule has 2 heterocycles. The van der Waals surface area contributed by atoms with Crippen LogP contribution in [-0.4, -0.2) is 27.6 Å². The number of hydrogen-bond acceptors (Lipinski definition) is 3. The highest BCUT2D eigenvalue weighted by atomic mass is 35.5. The van der Waals surface area contributed by atoms with E-state index in [0.29, 0.717) is 28.9 Å². The molecule has 1 amide bonds. The fourth-order valence-corrected chi connectivity index (χ4v) is 4.95. The van der Waals surface area contributed by atoms with E-state index in [1.54, 1.807) is 0 Å². The third-order valence-corrected chi connectivity index (χ3v) is 7.11. The molecule has 1 aliphatic rings. The molecule has 1 atom stereocenters. The van der Waals surface area contributed by atoms with Gasteiger partial charge in [-0.15, -0.1) is 0 Å². The fourth-order valence-electron chi connectivity index (χ4n) is 4.63. The number of nitrogens with one attached hydrogen (secondary N) is 1. The van der Waals surface area contributed by atoms with Crippen LogP contribution in [0.15, 0.2) is 72.8 Å². The van der Waals surface area contributed by atoms with Crippen molar-refractivity contribution in [3.05, 3.63) is 105 Å². The molecule has 0 saturated heterocycles. The highest BCUT2D eigenvalue weighted by molar-refractivity contribution is 6.31. The van der Waals surface area contributed by atoms with Crippen LogP contribution in [0.2, 0.25) is 10.0 Å². The normalized spacial score (nSPS) is 14.8. The maximum absolute atomic E-state index is 13.6. The first-order valence-corrected chi connectivity index (χ1v) is 12.9. The molecular weight excluding hydrogens is 493 g/mol. The van der Waals surface area contributed by atoms with Crippen molar-refractivity contribution in [1.29, 1.82) is 0 Å². The van der Waals surface area contributed by atoms with Crippen molar-refractivity contribution in [2.24, 2.45) is 0 Å². The Morgan fingerprint density at radius 1 is 0.972 bits per heavy atom. The zero-order valence-corrected chi connectivity index (χ0v) is 21.5. The molecule has 5 rings (SSSR count). The van der Waals surface area contributed by atoms with Crippen LogP contribution in [0.25, 0.3) is 11.3 Å². The van der Waals surface area contributed by atoms with Crippen LogP contribution < -0.4 is 4.74 Å². The summed E-state index contributed by atoms with van der Waals surface area (Å²) in [5.41, 5.74) is 4.85. The average molecular weight is 520 g/mol. The van der Waals surface area contributed by atoms with E-state index in [9.17, 15) is 4.79 Å². The molecule has 0 radical (unpaired) electrons. The third-order valence-electron chi connectivity index (χ3n) is 6.49. The fraction of sp³-hybridized carbons (Fsp3) is 0.241. The van der Waals surface area contributed by atoms with Gasteiger partial charge in [0.05, 0.1) is 18.3 Å². The number of unbranched alkanes of at least 4 members (excludes halogenated alkanes) is 2. The number of nitrogens with zero attached hydrogens (tertiary/aromatic N) is 2. The molecule has 0 aliphatic carbocycles. The van der Waals surface area contributed by atoms with Crippen molar-refractivity contribution in [3.63, 3.8) is 0 Å². The Morgan fingerprint density at radius 2 is 1.72 bits per heavy atom. The number of halogens is 2. The van der Waals surface area contributed by atoms with Gasteiger partial charge in [-0.1, -0.05) is 85.4 Å². The van der Waals surface area contributed by atoms with Crippen molar-refractivity contribution >= 4 is 29.1 Å². The van der Waals surface area contributed by atoms with Gasteiger partial charge in [0, 0.05) is 27.7 Å². The zero-order chi connectivity index (χ0) is 25.1. The summed E-state index contributed by atoms with van der Waals surface area (Å²) in [4.78, 5) is 15.5. The summed E-state index contributed by atoms with van der Waals surface area (Å²) in [6.07, 6.45) is 3.34. The Bertz CT molecular complexity index is 1350. The Hall–Kier alpha value is -3.28. The van der Waals surface area contributed by atoms with Gasteiger partial charge in [-0.3, -0.25) is 9.89 Å². The van der Waals surface area contributed by atoms with Crippen molar-refractivity contribution in [3.8, 4) is 17.0 Å². The largest absolute Gasteiger partial charge is 0.494 e. The summed E-state index contributed by atoms with van der Waals surface area (Å²) >= 11 is 12.6. The number of H-pyrrole nitrogens is 1. The highest BCUT2D eigenvalue weighted by Gasteiger charge is 2.42. The minimum absolute atomic E-state index is 0.109. The first kappa shape index (κ1) is 24.4. The van der Waals surface area contributed by atoms with E-state index in [-0.39, 0.29) is 11.9 Å². The van der Waals surface area contributed by atoms with E-state index in [1.165, 1.54) is 0 Å². The van der Waals surface area contributed by atoms with Gasteiger partial charge < -0.3 is 9.64 Å². The number of amides is 1. The van der Waals surface area contributed by atoms with Crippen molar-refractivity contribution in [1.82, 2.24) is 15.1 Å². The van der Waals surface area contributed by atoms with Crippen LogP contribution in [-0.2, 0) is 6.54 Å². The number of rotatable bonds is 9. The predicted molar refractivity (Wildman–Crippen MR) is 144 cm³/mol. The molecule has 7 heteroatoms. The predicted octanol–water partition coefficient (Wildman–Crippen LogP) is 7.70. The number of ether oxygens (including phenoxy) is 1. The number of hydrogen-bond donors (Lipinski definition) is 1. The molecule has 1 aromatic heterocycles. The second-order valence-electron chi connectivity index (χ2n) is 8.92. The molecule has 0 bridgehead atoms. The van der Waals surface area contributed by atoms with Crippen LogP contribution in [0.5, 0.6) is 5.75 Å². The lowest BCUT2D eigenvalue weighted by Crippen LogP contribution is -2.29. The maximum atomic E-state index is 13.6. The van der Waals surface area contributed by atoms with Gasteiger partial charge >= 0.3 is 0 Å². The Morgan fingerprint density at radius 3 is 2.44 bits per heavy atom. The summed E-state index contributed by atoms with van der Waals surface area (Å²) in [7, 11) is 0. The van der Waals surface area contributed by atoms with Crippen molar-refractivity contribution in [2.45, 2.75) is 38.8 Å². The standard InChI is InChI=1S/C29H27Cl2N3O2/c1-2-3-6-17-36-23-15-11-20(12-16-23)28-25-26(19-9-13-22(30)14-10-19)32-33-27(25)29(35)34(28)18-21-7-4-5-8-24(21)31/h4-5,7-16,28H,2-3,6,17-18H2,1H3,(H,32,33). The zero-order valence-electron chi connectivity index (χ0n) is 20.0. The van der Waals surface area contributed by atoms with Crippen LogP contribution in [0.3, 0.4) is 0 Å². The smallest absolute Gasteiger partial charge is 0.273 e. The van der Waals surface area contributed by atoms with Crippen molar-refractivity contribution in [2.75, 3.05) is 6.61 Å². The van der Waals surface area contributed by atoms with Crippen LogP contribution in [0.1, 0.15) is 59.4 Å². The Kier molecular flexibility index (Phi) is 7.30. The quantitative estimate of drug-likeness (QED) is 0.230. The van der Waals surface area contributed by atoms with E-state index < -0.39 is 0 Å². The number of benzene rings is 3. The van der Waals surface area contributed by atoms with Crippen LogP contribution >= 0.6 is 23.2 Å².